The van der Waals surface area contributed by atoms with Gasteiger partial charge in [-0.1, -0.05) is 12.1 Å². The van der Waals surface area contributed by atoms with Crippen LogP contribution in [0.25, 0.3) is 11.1 Å². The lowest BCUT2D eigenvalue weighted by Gasteiger charge is -2.17. The zero-order chi connectivity index (χ0) is 21.8. The van der Waals surface area contributed by atoms with E-state index in [0.29, 0.717) is 39.7 Å². The van der Waals surface area contributed by atoms with Crippen molar-refractivity contribution < 1.29 is 33.3 Å². The summed E-state index contributed by atoms with van der Waals surface area (Å²) in [6.45, 7) is 1.33. The quantitative estimate of drug-likeness (QED) is 0.644. The maximum absolute atomic E-state index is 13.0. The molecule has 0 aliphatic heterocycles. The summed E-state index contributed by atoms with van der Waals surface area (Å²) >= 11 is 0. The van der Waals surface area contributed by atoms with Gasteiger partial charge in [0.25, 0.3) is 0 Å². The third-order valence-corrected chi connectivity index (χ3v) is 4.90. The highest BCUT2D eigenvalue weighted by molar-refractivity contribution is 6.32. The van der Waals surface area contributed by atoms with Crippen molar-refractivity contribution in [1.29, 1.82) is 0 Å². The molecule has 0 aromatic heterocycles. The van der Waals surface area contributed by atoms with Crippen molar-refractivity contribution in [2.75, 3.05) is 28.4 Å². The van der Waals surface area contributed by atoms with Crippen LogP contribution >= 0.6 is 0 Å². The van der Waals surface area contributed by atoms with Gasteiger partial charge >= 0.3 is 5.97 Å². The number of methoxy groups -OCH3 is 4. The first-order valence-corrected chi connectivity index (χ1v) is 9.32. The predicted octanol–water partition coefficient (Wildman–Crippen LogP) is 3.54. The largest absolute Gasteiger partial charge is 0.497 e. The number of carbonyl (C=O) groups excluding carboxylic acids is 2. The van der Waals surface area contributed by atoms with E-state index in [1.54, 1.807) is 31.4 Å². The van der Waals surface area contributed by atoms with Crippen molar-refractivity contribution >= 4 is 22.9 Å². The smallest absolute Gasteiger partial charge is 0.303 e. The number of hydrogen-bond acceptors (Lipinski definition) is 7. The van der Waals surface area contributed by atoms with Crippen LogP contribution in [-0.2, 0) is 14.3 Å². The number of rotatable bonds is 7. The van der Waals surface area contributed by atoms with E-state index in [-0.39, 0.29) is 12.2 Å². The molecule has 0 fully saturated rings. The fraction of sp³-hybridized carbons (Fsp3) is 0.304. The Balaban J connectivity index is 2.25. The molecule has 1 aliphatic carbocycles. The van der Waals surface area contributed by atoms with Crippen molar-refractivity contribution in [2.24, 2.45) is 0 Å². The number of allylic oxidation sites excluding steroid dienone is 1. The fourth-order valence-electron chi connectivity index (χ4n) is 3.63. The third-order valence-electron chi connectivity index (χ3n) is 4.90. The molecule has 0 radical (unpaired) electrons. The molecular weight excluding hydrogens is 388 g/mol. The Labute approximate surface area is 175 Å². The first kappa shape index (κ1) is 21.2. The zero-order valence-electron chi connectivity index (χ0n) is 17.6. The van der Waals surface area contributed by atoms with Gasteiger partial charge in [0.05, 0.1) is 34.9 Å². The van der Waals surface area contributed by atoms with E-state index < -0.39 is 12.1 Å². The second-order valence-corrected chi connectivity index (χ2v) is 6.66. The standard InChI is InChI=1S/C23H24O7/c1-13(24)30-18-12-17(25)21(22(18)14-6-8-16(26-2)9-7-14)15-10-19(27-3)23(29-5)20(11-15)28-4/h6-11,18H,12H2,1-5H3. The monoisotopic (exact) mass is 412 g/mol. The Kier molecular flexibility index (Phi) is 6.30. The molecule has 2 aromatic carbocycles. The number of ketones is 1. The summed E-state index contributed by atoms with van der Waals surface area (Å²) in [6, 6.07) is 10.7. The summed E-state index contributed by atoms with van der Waals surface area (Å²) in [5.41, 5.74) is 2.43. The molecule has 3 rings (SSSR count). The van der Waals surface area contributed by atoms with Gasteiger partial charge < -0.3 is 23.7 Å². The summed E-state index contributed by atoms with van der Waals surface area (Å²) in [5.74, 6) is 1.38. The average molecular weight is 412 g/mol. The molecule has 0 N–H and O–H groups in total. The summed E-state index contributed by atoms with van der Waals surface area (Å²) in [7, 11) is 6.12. The highest BCUT2D eigenvalue weighted by atomic mass is 16.5. The van der Waals surface area contributed by atoms with Crippen molar-refractivity contribution in [3.05, 3.63) is 47.5 Å². The Morgan fingerprint density at radius 3 is 1.93 bits per heavy atom. The van der Waals surface area contributed by atoms with Crippen LogP contribution in [0.2, 0.25) is 0 Å². The molecule has 0 spiro atoms. The van der Waals surface area contributed by atoms with E-state index in [2.05, 4.69) is 0 Å². The number of carbonyl (C=O) groups is 2. The molecule has 1 unspecified atom stereocenters. The number of benzene rings is 2. The van der Waals surface area contributed by atoms with E-state index >= 15 is 0 Å². The van der Waals surface area contributed by atoms with Crippen molar-refractivity contribution in [1.82, 2.24) is 0 Å². The van der Waals surface area contributed by atoms with E-state index in [4.69, 9.17) is 23.7 Å². The van der Waals surface area contributed by atoms with E-state index in [0.717, 1.165) is 5.56 Å². The molecule has 0 heterocycles. The van der Waals surface area contributed by atoms with Crippen molar-refractivity contribution in [2.45, 2.75) is 19.4 Å². The van der Waals surface area contributed by atoms with E-state index in [1.165, 1.54) is 28.3 Å². The summed E-state index contributed by atoms with van der Waals surface area (Å²) in [4.78, 5) is 24.7. The van der Waals surface area contributed by atoms with Crippen LogP contribution in [0.3, 0.4) is 0 Å². The minimum absolute atomic E-state index is 0.0624. The zero-order valence-corrected chi connectivity index (χ0v) is 17.6. The Bertz CT molecular complexity index is 964. The van der Waals surface area contributed by atoms with E-state index in [9.17, 15) is 9.59 Å². The van der Waals surface area contributed by atoms with Crippen molar-refractivity contribution in [3.63, 3.8) is 0 Å². The first-order chi connectivity index (χ1) is 14.4. The maximum Gasteiger partial charge on any atom is 0.303 e. The number of ether oxygens (including phenoxy) is 5. The summed E-state index contributed by atoms with van der Waals surface area (Å²) in [6.07, 6.45) is -0.620. The van der Waals surface area contributed by atoms with Crippen LogP contribution in [0.4, 0.5) is 0 Å². The Morgan fingerprint density at radius 1 is 0.867 bits per heavy atom. The topological polar surface area (TPSA) is 80.3 Å². The highest BCUT2D eigenvalue weighted by Crippen LogP contribution is 2.45. The number of esters is 1. The molecule has 1 atom stereocenters. The molecule has 2 aromatic rings. The molecule has 30 heavy (non-hydrogen) atoms. The molecule has 158 valence electrons. The Hall–Kier alpha value is -3.48. The third kappa shape index (κ3) is 3.96. The summed E-state index contributed by atoms with van der Waals surface area (Å²) in [5, 5.41) is 0. The van der Waals surface area contributed by atoms with Crippen LogP contribution in [0.15, 0.2) is 36.4 Å². The minimum Gasteiger partial charge on any atom is -0.497 e. The van der Waals surface area contributed by atoms with Gasteiger partial charge in [-0.05, 0) is 35.4 Å². The minimum atomic E-state index is -0.683. The molecule has 0 bridgehead atoms. The maximum atomic E-state index is 13.0. The molecule has 0 amide bonds. The van der Waals surface area contributed by atoms with Crippen LogP contribution in [-0.4, -0.2) is 46.3 Å². The lowest BCUT2D eigenvalue weighted by molar-refractivity contribution is -0.144. The van der Waals surface area contributed by atoms with Gasteiger partial charge in [-0.25, -0.2) is 0 Å². The molecular formula is C23H24O7. The Morgan fingerprint density at radius 2 is 1.47 bits per heavy atom. The molecule has 1 aliphatic rings. The van der Waals surface area contributed by atoms with Gasteiger partial charge in [0.15, 0.2) is 17.3 Å². The second kappa shape index (κ2) is 8.90. The SMILES string of the molecule is COc1ccc(C2=C(c3cc(OC)c(OC)c(OC)c3)C(=O)CC2OC(C)=O)cc1. The second-order valence-electron chi connectivity index (χ2n) is 6.66. The average Bonchev–Trinajstić information content (AvgIpc) is 3.07. The lowest BCUT2D eigenvalue weighted by atomic mass is 9.95. The first-order valence-electron chi connectivity index (χ1n) is 9.32. The normalized spacial score (nSPS) is 15.8. The van der Waals surface area contributed by atoms with Crippen LogP contribution in [0.5, 0.6) is 23.0 Å². The van der Waals surface area contributed by atoms with E-state index in [1.807, 2.05) is 12.1 Å². The van der Waals surface area contributed by atoms with Crippen LogP contribution in [0, 0.1) is 0 Å². The molecule has 7 heteroatoms. The molecule has 0 saturated heterocycles. The van der Waals surface area contributed by atoms with Gasteiger partial charge in [0.2, 0.25) is 5.75 Å². The van der Waals surface area contributed by atoms with Crippen LogP contribution < -0.4 is 18.9 Å². The highest BCUT2D eigenvalue weighted by Gasteiger charge is 2.36. The van der Waals surface area contributed by atoms with Gasteiger partial charge in [-0.2, -0.15) is 0 Å². The van der Waals surface area contributed by atoms with Gasteiger partial charge in [0.1, 0.15) is 11.9 Å². The van der Waals surface area contributed by atoms with Gasteiger partial charge in [-0.3, -0.25) is 9.59 Å². The molecule has 0 saturated carbocycles. The van der Waals surface area contributed by atoms with Gasteiger partial charge in [0, 0.05) is 18.1 Å². The lowest BCUT2D eigenvalue weighted by Crippen LogP contribution is -2.16. The predicted molar refractivity (Wildman–Crippen MR) is 111 cm³/mol. The fourth-order valence-corrected chi connectivity index (χ4v) is 3.63. The molecule has 7 nitrogen and oxygen atoms in total. The van der Waals surface area contributed by atoms with Crippen molar-refractivity contribution in [3.8, 4) is 23.0 Å². The summed E-state index contributed by atoms with van der Waals surface area (Å²) < 4.78 is 27.0. The number of Topliss-reactive ketones (excluding diaryl/α,β-unsaturated/α-hetero) is 1. The van der Waals surface area contributed by atoms with Gasteiger partial charge in [-0.15, -0.1) is 0 Å². The number of hydrogen-bond donors (Lipinski definition) is 0. The van der Waals surface area contributed by atoms with Crippen LogP contribution in [0.1, 0.15) is 24.5 Å².